The quantitative estimate of drug-likeness (QED) is 0.734. The van der Waals surface area contributed by atoms with E-state index in [4.69, 9.17) is 9.47 Å². The van der Waals surface area contributed by atoms with Crippen LogP contribution in [0.1, 0.15) is 37.7 Å². The highest BCUT2D eigenvalue weighted by atomic mass is 79.9. The first-order valence-corrected chi connectivity index (χ1v) is 8.99. The van der Waals surface area contributed by atoms with E-state index in [2.05, 4.69) is 34.1 Å². The van der Waals surface area contributed by atoms with E-state index < -0.39 is 5.79 Å². The average molecular weight is 367 g/mol. The molecule has 3 nitrogen and oxygen atoms in total. The Balaban J connectivity index is 1.76. The summed E-state index contributed by atoms with van der Waals surface area (Å²) in [6, 6.07) is 8.35. The van der Waals surface area contributed by atoms with Crippen LogP contribution in [0.3, 0.4) is 0 Å². The summed E-state index contributed by atoms with van der Waals surface area (Å²) in [6.07, 6.45) is 6.82. The van der Waals surface area contributed by atoms with E-state index in [1.807, 2.05) is 6.07 Å². The molecule has 0 N–H and O–H groups in total. The summed E-state index contributed by atoms with van der Waals surface area (Å²) in [6.45, 7) is 1.36. The predicted molar refractivity (Wildman–Crippen MR) is 88.6 cm³/mol. The summed E-state index contributed by atoms with van der Waals surface area (Å²) in [4.78, 5) is 11.1. The molecule has 0 unspecified atom stereocenters. The van der Waals surface area contributed by atoms with Gasteiger partial charge in [0.05, 0.1) is 13.2 Å². The number of carbonyl (C=O) groups is 1. The molecule has 3 rings (SSSR count). The number of hydrogen-bond acceptors (Lipinski definition) is 3. The second kappa shape index (κ2) is 7.24. The van der Waals surface area contributed by atoms with Gasteiger partial charge in [-0.05, 0) is 43.2 Å². The van der Waals surface area contributed by atoms with Crippen LogP contribution in [-0.4, -0.2) is 25.3 Å². The number of aryl methyl sites for hydroxylation is 1. The first-order chi connectivity index (χ1) is 10.7. The number of hydrogen-bond donors (Lipinski definition) is 0. The van der Waals surface area contributed by atoms with Gasteiger partial charge in [0.25, 0.3) is 0 Å². The highest BCUT2D eigenvalue weighted by molar-refractivity contribution is 9.10. The maximum atomic E-state index is 11.1. The molecule has 1 aliphatic carbocycles. The number of carbonyl (C=O) groups excluding carboxylic acids is 1. The molecule has 1 aliphatic heterocycles. The third-order valence-corrected chi connectivity index (χ3v) is 5.87. The smallest absolute Gasteiger partial charge is 0.171 e. The molecule has 1 saturated heterocycles. The Hall–Kier alpha value is -0.710. The molecule has 22 heavy (non-hydrogen) atoms. The van der Waals surface area contributed by atoms with Gasteiger partial charge in [0, 0.05) is 23.2 Å². The van der Waals surface area contributed by atoms with Gasteiger partial charge in [0.1, 0.15) is 6.29 Å². The van der Waals surface area contributed by atoms with Crippen molar-refractivity contribution in [2.45, 2.75) is 44.3 Å². The van der Waals surface area contributed by atoms with Crippen LogP contribution < -0.4 is 0 Å². The van der Waals surface area contributed by atoms with Gasteiger partial charge in [-0.25, -0.2) is 0 Å². The van der Waals surface area contributed by atoms with E-state index in [0.717, 1.165) is 42.9 Å². The Morgan fingerprint density at radius 1 is 1.27 bits per heavy atom. The topological polar surface area (TPSA) is 35.5 Å². The van der Waals surface area contributed by atoms with Gasteiger partial charge in [0.15, 0.2) is 5.79 Å². The van der Waals surface area contributed by atoms with Gasteiger partial charge in [-0.3, -0.25) is 0 Å². The minimum atomic E-state index is -0.437. The lowest BCUT2D eigenvalue weighted by atomic mass is 9.71. The number of ether oxygens (including phenoxy) is 2. The molecular formula is C18H23BrO3. The molecule has 2 atom stereocenters. The lowest BCUT2D eigenvalue weighted by molar-refractivity contribution is -0.227. The SMILES string of the molecule is O=CC[C@@H]1CCCC2(OCCO2)[C@H]1CCc1ccccc1Br. The molecule has 120 valence electrons. The van der Waals surface area contributed by atoms with Crippen LogP contribution in [0.2, 0.25) is 0 Å². The average Bonchev–Trinajstić information content (AvgIpc) is 2.98. The second-order valence-corrected chi connectivity index (χ2v) is 7.15. The Bertz CT molecular complexity index is 511. The zero-order valence-corrected chi connectivity index (χ0v) is 14.4. The number of benzene rings is 1. The number of aldehydes is 1. The van der Waals surface area contributed by atoms with Crippen molar-refractivity contribution >= 4 is 22.2 Å². The van der Waals surface area contributed by atoms with E-state index in [1.165, 1.54) is 5.56 Å². The van der Waals surface area contributed by atoms with Crippen LogP contribution in [0.4, 0.5) is 0 Å². The molecule has 0 amide bonds. The van der Waals surface area contributed by atoms with Crippen LogP contribution in [0, 0.1) is 11.8 Å². The summed E-state index contributed by atoms with van der Waals surface area (Å²) in [5.74, 6) is 0.251. The zero-order valence-electron chi connectivity index (χ0n) is 12.8. The van der Waals surface area contributed by atoms with E-state index >= 15 is 0 Å². The first-order valence-electron chi connectivity index (χ1n) is 8.20. The van der Waals surface area contributed by atoms with Crippen LogP contribution >= 0.6 is 15.9 Å². The summed E-state index contributed by atoms with van der Waals surface area (Å²) < 4.78 is 13.2. The van der Waals surface area contributed by atoms with E-state index in [-0.39, 0.29) is 0 Å². The predicted octanol–water partition coefficient (Wildman–Crippen LogP) is 4.13. The summed E-state index contributed by atoms with van der Waals surface area (Å²) in [5, 5.41) is 0. The Morgan fingerprint density at radius 3 is 2.77 bits per heavy atom. The zero-order chi connectivity index (χ0) is 15.4. The molecular weight excluding hydrogens is 344 g/mol. The number of halogens is 1. The molecule has 2 aliphatic rings. The molecule has 1 aromatic rings. The monoisotopic (exact) mass is 366 g/mol. The molecule has 1 aromatic carbocycles. The molecule has 0 radical (unpaired) electrons. The number of rotatable bonds is 5. The fourth-order valence-corrected chi connectivity index (χ4v) is 4.54. The largest absolute Gasteiger partial charge is 0.347 e. The van der Waals surface area contributed by atoms with E-state index in [0.29, 0.717) is 31.5 Å². The van der Waals surface area contributed by atoms with Crippen LogP contribution in [-0.2, 0) is 20.7 Å². The second-order valence-electron chi connectivity index (χ2n) is 6.30. The summed E-state index contributed by atoms with van der Waals surface area (Å²) >= 11 is 3.62. The van der Waals surface area contributed by atoms with Gasteiger partial charge >= 0.3 is 0 Å². The van der Waals surface area contributed by atoms with E-state index in [9.17, 15) is 4.79 Å². The van der Waals surface area contributed by atoms with Gasteiger partial charge in [-0.2, -0.15) is 0 Å². The third-order valence-electron chi connectivity index (χ3n) is 5.09. The summed E-state index contributed by atoms with van der Waals surface area (Å²) in [5.41, 5.74) is 1.31. The van der Waals surface area contributed by atoms with Gasteiger partial charge in [-0.15, -0.1) is 0 Å². The molecule has 1 heterocycles. The van der Waals surface area contributed by atoms with Crippen molar-refractivity contribution in [2.75, 3.05) is 13.2 Å². The van der Waals surface area contributed by atoms with Crippen LogP contribution in [0.5, 0.6) is 0 Å². The van der Waals surface area contributed by atoms with Crippen molar-refractivity contribution in [3.63, 3.8) is 0 Å². The minimum Gasteiger partial charge on any atom is -0.347 e. The normalized spacial score (nSPS) is 27.1. The molecule has 1 spiro atoms. The standard InChI is InChI=1S/C18H23BrO3/c19-17-6-2-1-4-15(17)7-8-16-14(9-11-20)5-3-10-18(16)21-12-13-22-18/h1-2,4,6,11,14,16H,3,5,7-10,12-13H2/t14-,16-/m0/s1. The molecule has 0 aromatic heterocycles. The molecule has 1 saturated carbocycles. The lowest BCUT2D eigenvalue weighted by Crippen LogP contribution is -2.46. The Kier molecular flexibility index (Phi) is 5.32. The summed E-state index contributed by atoms with van der Waals surface area (Å²) in [7, 11) is 0. The maximum Gasteiger partial charge on any atom is 0.171 e. The highest BCUT2D eigenvalue weighted by Crippen LogP contribution is 2.46. The highest BCUT2D eigenvalue weighted by Gasteiger charge is 2.49. The van der Waals surface area contributed by atoms with Crippen molar-refractivity contribution in [1.29, 1.82) is 0 Å². The van der Waals surface area contributed by atoms with Crippen LogP contribution in [0.15, 0.2) is 28.7 Å². The fraction of sp³-hybridized carbons (Fsp3) is 0.611. The molecule has 2 fully saturated rings. The van der Waals surface area contributed by atoms with Crippen LogP contribution in [0.25, 0.3) is 0 Å². The minimum absolute atomic E-state index is 0.307. The van der Waals surface area contributed by atoms with Crippen molar-refractivity contribution in [3.05, 3.63) is 34.3 Å². The first kappa shape index (κ1) is 16.2. The van der Waals surface area contributed by atoms with Crippen molar-refractivity contribution in [2.24, 2.45) is 11.8 Å². The van der Waals surface area contributed by atoms with Crippen molar-refractivity contribution < 1.29 is 14.3 Å². The molecule has 0 bridgehead atoms. The third kappa shape index (κ3) is 3.29. The van der Waals surface area contributed by atoms with Gasteiger partial charge in [0.2, 0.25) is 0 Å². The Labute approximate surface area is 140 Å². The van der Waals surface area contributed by atoms with Gasteiger partial charge < -0.3 is 14.3 Å². The molecule has 4 heteroatoms. The van der Waals surface area contributed by atoms with Crippen molar-refractivity contribution in [3.8, 4) is 0 Å². The van der Waals surface area contributed by atoms with Crippen molar-refractivity contribution in [1.82, 2.24) is 0 Å². The lowest BCUT2D eigenvalue weighted by Gasteiger charge is -2.44. The Morgan fingerprint density at radius 2 is 2.05 bits per heavy atom. The van der Waals surface area contributed by atoms with Gasteiger partial charge in [-0.1, -0.05) is 34.1 Å². The fourth-order valence-electron chi connectivity index (χ4n) is 4.06. The maximum absolute atomic E-state index is 11.1. The van der Waals surface area contributed by atoms with E-state index in [1.54, 1.807) is 0 Å².